The average molecular weight is 193 g/mol. The summed E-state index contributed by atoms with van der Waals surface area (Å²) in [7, 11) is 1.98. The van der Waals surface area contributed by atoms with Crippen molar-refractivity contribution >= 4 is 0 Å². The summed E-state index contributed by atoms with van der Waals surface area (Å²) in [5.74, 6) is 0.805. The normalized spacial score (nSPS) is 27.0. The van der Waals surface area contributed by atoms with Gasteiger partial charge in [-0.1, -0.05) is 13.3 Å². The number of aromatic nitrogens is 2. The summed E-state index contributed by atoms with van der Waals surface area (Å²) < 4.78 is 2.36. The SMILES string of the molecule is CNCc1cncn1C1CCCC1C. The Labute approximate surface area is 85.5 Å². The molecule has 1 aromatic rings. The monoisotopic (exact) mass is 193 g/mol. The first-order chi connectivity index (χ1) is 6.83. The lowest BCUT2D eigenvalue weighted by Gasteiger charge is -2.19. The molecule has 1 aliphatic rings. The zero-order valence-electron chi connectivity index (χ0n) is 9.03. The first-order valence-corrected chi connectivity index (χ1v) is 5.48. The van der Waals surface area contributed by atoms with E-state index in [0.29, 0.717) is 6.04 Å². The zero-order chi connectivity index (χ0) is 9.97. The first-order valence-electron chi connectivity index (χ1n) is 5.48. The topological polar surface area (TPSA) is 29.9 Å². The lowest BCUT2D eigenvalue weighted by molar-refractivity contribution is 0.395. The van der Waals surface area contributed by atoms with Crippen LogP contribution in [0.25, 0.3) is 0 Å². The molecule has 0 bridgehead atoms. The lowest BCUT2D eigenvalue weighted by atomic mass is 10.1. The van der Waals surface area contributed by atoms with Crippen LogP contribution in [0, 0.1) is 5.92 Å². The van der Waals surface area contributed by atoms with E-state index in [4.69, 9.17) is 0 Å². The Balaban J connectivity index is 2.17. The van der Waals surface area contributed by atoms with Crippen molar-refractivity contribution in [3.05, 3.63) is 18.2 Å². The van der Waals surface area contributed by atoms with Gasteiger partial charge in [0.25, 0.3) is 0 Å². The smallest absolute Gasteiger partial charge is 0.0951 e. The second kappa shape index (κ2) is 4.13. The van der Waals surface area contributed by atoms with Gasteiger partial charge in [0.2, 0.25) is 0 Å². The summed E-state index contributed by atoms with van der Waals surface area (Å²) >= 11 is 0. The van der Waals surface area contributed by atoms with Gasteiger partial charge in [-0.05, 0) is 25.8 Å². The van der Waals surface area contributed by atoms with Crippen molar-refractivity contribution in [2.75, 3.05) is 7.05 Å². The highest BCUT2D eigenvalue weighted by Crippen LogP contribution is 2.35. The van der Waals surface area contributed by atoms with Crippen LogP contribution in [-0.2, 0) is 6.54 Å². The van der Waals surface area contributed by atoms with Crippen LogP contribution in [0.15, 0.2) is 12.5 Å². The molecule has 1 aliphatic carbocycles. The van der Waals surface area contributed by atoms with Crippen molar-refractivity contribution in [3.63, 3.8) is 0 Å². The summed E-state index contributed by atoms with van der Waals surface area (Å²) in [6, 6.07) is 0.681. The molecule has 0 saturated heterocycles. The number of nitrogens with zero attached hydrogens (tertiary/aromatic N) is 2. The quantitative estimate of drug-likeness (QED) is 0.795. The summed E-state index contributed by atoms with van der Waals surface area (Å²) in [6.45, 7) is 3.27. The average Bonchev–Trinajstić information content (AvgIpc) is 2.74. The lowest BCUT2D eigenvalue weighted by Crippen LogP contribution is -2.17. The molecule has 14 heavy (non-hydrogen) atoms. The maximum atomic E-state index is 4.24. The molecule has 0 spiro atoms. The molecular weight excluding hydrogens is 174 g/mol. The number of nitrogens with one attached hydrogen (secondary N) is 1. The molecule has 1 heterocycles. The summed E-state index contributed by atoms with van der Waals surface area (Å²) in [4.78, 5) is 4.24. The number of rotatable bonds is 3. The Morgan fingerprint density at radius 3 is 3.07 bits per heavy atom. The van der Waals surface area contributed by atoms with Crippen molar-refractivity contribution < 1.29 is 0 Å². The molecule has 3 nitrogen and oxygen atoms in total. The Morgan fingerprint density at radius 2 is 2.43 bits per heavy atom. The van der Waals surface area contributed by atoms with Crippen molar-refractivity contribution in [3.8, 4) is 0 Å². The summed E-state index contributed by atoms with van der Waals surface area (Å²) in [6.07, 6.45) is 8.00. The van der Waals surface area contributed by atoms with Crippen LogP contribution in [0.5, 0.6) is 0 Å². The minimum atomic E-state index is 0.681. The van der Waals surface area contributed by atoms with Crippen LogP contribution in [0.2, 0.25) is 0 Å². The highest BCUT2D eigenvalue weighted by atomic mass is 15.1. The van der Waals surface area contributed by atoms with E-state index in [1.54, 1.807) is 0 Å². The van der Waals surface area contributed by atoms with E-state index in [1.165, 1.54) is 25.0 Å². The fraction of sp³-hybridized carbons (Fsp3) is 0.727. The zero-order valence-corrected chi connectivity index (χ0v) is 9.03. The van der Waals surface area contributed by atoms with E-state index in [1.807, 2.05) is 19.6 Å². The van der Waals surface area contributed by atoms with Gasteiger partial charge in [-0.25, -0.2) is 4.98 Å². The highest BCUT2D eigenvalue weighted by Gasteiger charge is 2.25. The molecule has 2 unspecified atom stereocenters. The molecule has 2 rings (SSSR count). The molecule has 1 aromatic heterocycles. The van der Waals surface area contributed by atoms with Gasteiger partial charge >= 0.3 is 0 Å². The highest BCUT2D eigenvalue weighted by molar-refractivity contribution is 5.01. The van der Waals surface area contributed by atoms with Gasteiger partial charge in [0, 0.05) is 18.8 Å². The van der Waals surface area contributed by atoms with E-state index in [-0.39, 0.29) is 0 Å². The van der Waals surface area contributed by atoms with Gasteiger partial charge < -0.3 is 9.88 Å². The molecule has 0 radical (unpaired) electrons. The second-order valence-electron chi connectivity index (χ2n) is 4.30. The molecule has 0 aliphatic heterocycles. The molecular formula is C11H19N3. The molecule has 78 valence electrons. The third-order valence-corrected chi connectivity index (χ3v) is 3.28. The predicted molar refractivity (Wildman–Crippen MR) is 57.0 cm³/mol. The number of hydrogen-bond donors (Lipinski definition) is 1. The maximum absolute atomic E-state index is 4.24. The molecule has 0 aromatic carbocycles. The summed E-state index contributed by atoms with van der Waals surface area (Å²) in [5, 5.41) is 3.19. The fourth-order valence-corrected chi connectivity index (χ4v) is 2.49. The van der Waals surface area contributed by atoms with Crippen molar-refractivity contribution in [2.24, 2.45) is 5.92 Å². The standard InChI is InChI=1S/C11H19N3/c1-9-4-3-5-11(9)14-8-13-7-10(14)6-12-2/h7-9,11-12H,3-6H2,1-2H3. The van der Waals surface area contributed by atoms with E-state index >= 15 is 0 Å². The molecule has 1 N–H and O–H groups in total. The van der Waals surface area contributed by atoms with E-state index in [9.17, 15) is 0 Å². The van der Waals surface area contributed by atoms with E-state index < -0.39 is 0 Å². The minimum absolute atomic E-state index is 0.681. The minimum Gasteiger partial charge on any atom is -0.330 e. The Bertz CT molecular complexity index is 292. The summed E-state index contributed by atoms with van der Waals surface area (Å²) in [5.41, 5.74) is 1.31. The van der Waals surface area contributed by atoms with Gasteiger partial charge in [-0.15, -0.1) is 0 Å². The maximum Gasteiger partial charge on any atom is 0.0951 e. The van der Waals surface area contributed by atoms with Crippen LogP contribution >= 0.6 is 0 Å². The molecule has 1 saturated carbocycles. The Hall–Kier alpha value is -0.830. The first kappa shape index (κ1) is 9.71. The number of imidazole rings is 1. The van der Waals surface area contributed by atoms with Crippen LogP contribution in [-0.4, -0.2) is 16.6 Å². The number of hydrogen-bond acceptors (Lipinski definition) is 2. The van der Waals surface area contributed by atoms with Crippen LogP contribution in [0.3, 0.4) is 0 Å². The van der Waals surface area contributed by atoms with Crippen molar-refractivity contribution in [1.29, 1.82) is 0 Å². The van der Waals surface area contributed by atoms with Gasteiger partial charge in [0.1, 0.15) is 0 Å². The third-order valence-electron chi connectivity index (χ3n) is 3.28. The van der Waals surface area contributed by atoms with E-state index in [0.717, 1.165) is 12.5 Å². The van der Waals surface area contributed by atoms with Gasteiger partial charge in [0.05, 0.1) is 12.0 Å². The van der Waals surface area contributed by atoms with Gasteiger partial charge in [0.15, 0.2) is 0 Å². The van der Waals surface area contributed by atoms with Gasteiger partial charge in [-0.3, -0.25) is 0 Å². The van der Waals surface area contributed by atoms with E-state index in [2.05, 4.69) is 21.8 Å². The fourth-order valence-electron chi connectivity index (χ4n) is 2.49. The largest absolute Gasteiger partial charge is 0.330 e. The van der Waals surface area contributed by atoms with Crippen LogP contribution in [0.1, 0.15) is 37.9 Å². The molecule has 0 amide bonds. The van der Waals surface area contributed by atoms with Crippen molar-refractivity contribution in [2.45, 2.75) is 38.8 Å². The molecule has 2 atom stereocenters. The Kier molecular flexibility index (Phi) is 2.87. The van der Waals surface area contributed by atoms with Gasteiger partial charge in [-0.2, -0.15) is 0 Å². The predicted octanol–water partition coefficient (Wildman–Crippen LogP) is 1.96. The van der Waals surface area contributed by atoms with Crippen molar-refractivity contribution in [1.82, 2.24) is 14.9 Å². The molecule has 3 heteroatoms. The van der Waals surface area contributed by atoms with Crippen LogP contribution in [0.4, 0.5) is 0 Å². The molecule has 1 fully saturated rings. The Morgan fingerprint density at radius 1 is 1.57 bits per heavy atom. The third kappa shape index (κ3) is 1.69. The van der Waals surface area contributed by atoms with Crippen LogP contribution < -0.4 is 5.32 Å². The second-order valence-corrected chi connectivity index (χ2v) is 4.30.